The van der Waals surface area contributed by atoms with Gasteiger partial charge in [0.15, 0.2) is 6.61 Å². The van der Waals surface area contributed by atoms with Crippen molar-refractivity contribution in [1.82, 2.24) is 5.32 Å². The lowest BCUT2D eigenvalue weighted by atomic mass is 9.95. The summed E-state index contributed by atoms with van der Waals surface area (Å²) in [6.07, 6.45) is 1.53. The van der Waals surface area contributed by atoms with Crippen LogP contribution < -0.4 is 10.1 Å². The summed E-state index contributed by atoms with van der Waals surface area (Å²) < 4.78 is 11.1. The minimum Gasteiger partial charge on any atom is -0.482 e. The molecule has 0 bridgehead atoms. The van der Waals surface area contributed by atoms with Gasteiger partial charge in [-0.3, -0.25) is 4.79 Å². The first-order chi connectivity index (χ1) is 13.0. The standard InChI is InChI=1S/C21H23NO5/c1-14-7-9-15(10-8-14)20-18(6-3-11-26-20)22-21(25)16-4-2-5-17(12-16)27-13-19(23)24/h2,4-5,7-10,12,18,20H,3,6,11,13H2,1H3,(H,22,25)(H,23,24). The van der Waals surface area contributed by atoms with Crippen molar-refractivity contribution in [1.29, 1.82) is 0 Å². The van der Waals surface area contributed by atoms with Crippen LogP contribution >= 0.6 is 0 Å². The van der Waals surface area contributed by atoms with Crippen LogP contribution in [0.15, 0.2) is 48.5 Å². The summed E-state index contributed by atoms with van der Waals surface area (Å²) in [6.45, 7) is 2.25. The molecule has 2 aromatic carbocycles. The summed E-state index contributed by atoms with van der Waals surface area (Å²) in [5.41, 5.74) is 2.64. The van der Waals surface area contributed by atoms with E-state index in [9.17, 15) is 9.59 Å². The van der Waals surface area contributed by atoms with Gasteiger partial charge in [-0.2, -0.15) is 0 Å². The van der Waals surface area contributed by atoms with Gasteiger partial charge in [0.05, 0.1) is 6.04 Å². The highest BCUT2D eigenvalue weighted by molar-refractivity contribution is 5.94. The van der Waals surface area contributed by atoms with Gasteiger partial charge in [-0.25, -0.2) is 4.79 Å². The average molecular weight is 369 g/mol. The smallest absolute Gasteiger partial charge is 0.341 e. The minimum atomic E-state index is -1.06. The molecule has 0 saturated carbocycles. The Morgan fingerprint density at radius 2 is 2.00 bits per heavy atom. The molecule has 142 valence electrons. The van der Waals surface area contributed by atoms with Crippen LogP contribution in [0.3, 0.4) is 0 Å². The summed E-state index contributed by atoms with van der Waals surface area (Å²) in [7, 11) is 0. The number of aryl methyl sites for hydroxylation is 1. The van der Waals surface area contributed by atoms with Crippen molar-refractivity contribution in [3.63, 3.8) is 0 Å². The van der Waals surface area contributed by atoms with E-state index in [-0.39, 0.29) is 18.1 Å². The fourth-order valence-electron chi connectivity index (χ4n) is 3.14. The number of ether oxygens (including phenoxy) is 2. The second kappa shape index (κ2) is 8.68. The van der Waals surface area contributed by atoms with E-state index in [2.05, 4.69) is 5.32 Å². The Kier molecular flexibility index (Phi) is 6.08. The lowest BCUT2D eigenvalue weighted by Gasteiger charge is -2.32. The normalized spacial score (nSPS) is 19.3. The topological polar surface area (TPSA) is 84.9 Å². The maximum absolute atomic E-state index is 12.7. The van der Waals surface area contributed by atoms with Gasteiger partial charge in [-0.15, -0.1) is 0 Å². The van der Waals surface area contributed by atoms with Gasteiger partial charge in [0.25, 0.3) is 5.91 Å². The number of carbonyl (C=O) groups is 2. The molecule has 1 aliphatic heterocycles. The number of aliphatic carboxylic acids is 1. The zero-order valence-electron chi connectivity index (χ0n) is 15.2. The predicted molar refractivity (Wildman–Crippen MR) is 99.9 cm³/mol. The van der Waals surface area contributed by atoms with Crippen molar-refractivity contribution in [3.05, 3.63) is 65.2 Å². The molecule has 2 unspecified atom stereocenters. The molecule has 0 aromatic heterocycles. The lowest BCUT2D eigenvalue weighted by molar-refractivity contribution is -0.139. The molecule has 1 amide bonds. The van der Waals surface area contributed by atoms with Gasteiger partial charge in [0.1, 0.15) is 11.9 Å². The molecule has 2 atom stereocenters. The molecular formula is C21H23NO5. The number of hydrogen-bond acceptors (Lipinski definition) is 4. The largest absolute Gasteiger partial charge is 0.482 e. The van der Waals surface area contributed by atoms with E-state index in [1.54, 1.807) is 24.3 Å². The summed E-state index contributed by atoms with van der Waals surface area (Å²) >= 11 is 0. The van der Waals surface area contributed by atoms with E-state index in [0.29, 0.717) is 17.9 Å². The highest BCUT2D eigenvalue weighted by atomic mass is 16.5. The van der Waals surface area contributed by atoms with Crippen molar-refractivity contribution in [2.24, 2.45) is 0 Å². The molecule has 3 rings (SSSR count). The Morgan fingerprint density at radius 1 is 1.22 bits per heavy atom. The predicted octanol–water partition coefficient (Wildman–Crippen LogP) is 3.11. The van der Waals surface area contributed by atoms with Gasteiger partial charge >= 0.3 is 5.97 Å². The third-order valence-corrected chi connectivity index (χ3v) is 4.50. The molecule has 1 fully saturated rings. The highest BCUT2D eigenvalue weighted by Crippen LogP contribution is 2.29. The SMILES string of the molecule is Cc1ccc(C2OCCCC2NC(=O)c2cccc(OCC(=O)O)c2)cc1. The lowest BCUT2D eigenvalue weighted by Crippen LogP contribution is -2.42. The highest BCUT2D eigenvalue weighted by Gasteiger charge is 2.29. The molecule has 6 nitrogen and oxygen atoms in total. The van der Waals surface area contributed by atoms with Crippen LogP contribution in [0, 0.1) is 6.92 Å². The van der Waals surface area contributed by atoms with Crippen molar-refractivity contribution >= 4 is 11.9 Å². The van der Waals surface area contributed by atoms with Crippen LogP contribution in [0.25, 0.3) is 0 Å². The zero-order valence-corrected chi connectivity index (χ0v) is 15.2. The summed E-state index contributed by atoms with van der Waals surface area (Å²) in [4.78, 5) is 23.3. The number of rotatable bonds is 6. The van der Waals surface area contributed by atoms with Crippen LogP contribution in [0.4, 0.5) is 0 Å². The summed E-state index contributed by atoms with van der Waals surface area (Å²) in [5, 5.41) is 11.8. The number of carboxylic acid groups (broad SMARTS) is 1. The molecule has 0 spiro atoms. The summed E-state index contributed by atoms with van der Waals surface area (Å²) in [5.74, 6) is -0.950. The van der Waals surface area contributed by atoms with Gasteiger partial charge in [0, 0.05) is 12.2 Å². The van der Waals surface area contributed by atoms with E-state index in [1.807, 2.05) is 31.2 Å². The Bertz CT molecular complexity index is 802. The molecule has 0 radical (unpaired) electrons. The van der Waals surface area contributed by atoms with Gasteiger partial charge in [-0.1, -0.05) is 35.9 Å². The number of amides is 1. The molecule has 0 aliphatic carbocycles. The van der Waals surface area contributed by atoms with Crippen molar-refractivity contribution in [2.75, 3.05) is 13.2 Å². The van der Waals surface area contributed by atoms with Crippen LogP contribution in [-0.2, 0) is 9.53 Å². The van der Waals surface area contributed by atoms with Gasteiger partial charge in [-0.05, 0) is 43.5 Å². The molecule has 1 heterocycles. The van der Waals surface area contributed by atoms with E-state index in [0.717, 1.165) is 18.4 Å². The third-order valence-electron chi connectivity index (χ3n) is 4.50. The van der Waals surface area contributed by atoms with Crippen LogP contribution in [0.1, 0.15) is 40.4 Å². The first kappa shape index (κ1) is 18.9. The number of carbonyl (C=O) groups excluding carboxylic acids is 1. The van der Waals surface area contributed by atoms with Crippen LogP contribution in [0.5, 0.6) is 5.75 Å². The van der Waals surface area contributed by atoms with Crippen molar-refractivity contribution < 1.29 is 24.2 Å². The fourth-order valence-corrected chi connectivity index (χ4v) is 3.14. The maximum Gasteiger partial charge on any atom is 0.341 e. The van der Waals surface area contributed by atoms with Gasteiger partial charge < -0.3 is 19.9 Å². The first-order valence-corrected chi connectivity index (χ1v) is 8.96. The molecular weight excluding hydrogens is 346 g/mol. The van der Waals surface area contributed by atoms with Crippen LogP contribution in [0.2, 0.25) is 0 Å². The number of benzene rings is 2. The Morgan fingerprint density at radius 3 is 2.74 bits per heavy atom. The molecule has 1 aliphatic rings. The average Bonchev–Trinajstić information content (AvgIpc) is 2.68. The molecule has 6 heteroatoms. The van der Waals surface area contributed by atoms with E-state index in [4.69, 9.17) is 14.6 Å². The van der Waals surface area contributed by atoms with E-state index >= 15 is 0 Å². The minimum absolute atomic E-state index is 0.127. The number of hydrogen-bond donors (Lipinski definition) is 2. The molecule has 1 saturated heterocycles. The Labute approximate surface area is 158 Å². The van der Waals surface area contributed by atoms with E-state index < -0.39 is 12.6 Å². The Balaban J connectivity index is 1.70. The second-order valence-electron chi connectivity index (χ2n) is 6.63. The number of nitrogens with one attached hydrogen (secondary N) is 1. The van der Waals surface area contributed by atoms with Crippen LogP contribution in [-0.4, -0.2) is 36.2 Å². The van der Waals surface area contributed by atoms with Crippen molar-refractivity contribution in [3.8, 4) is 5.75 Å². The zero-order chi connectivity index (χ0) is 19.2. The first-order valence-electron chi connectivity index (χ1n) is 8.96. The summed E-state index contributed by atoms with van der Waals surface area (Å²) in [6, 6.07) is 14.5. The maximum atomic E-state index is 12.7. The third kappa shape index (κ3) is 5.08. The molecule has 2 N–H and O–H groups in total. The number of carboxylic acids is 1. The Hall–Kier alpha value is -2.86. The second-order valence-corrected chi connectivity index (χ2v) is 6.63. The molecule has 27 heavy (non-hydrogen) atoms. The quantitative estimate of drug-likeness (QED) is 0.817. The fraction of sp³-hybridized carbons (Fsp3) is 0.333. The molecule has 2 aromatic rings. The van der Waals surface area contributed by atoms with E-state index in [1.165, 1.54) is 5.56 Å². The van der Waals surface area contributed by atoms with Gasteiger partial charge in [0.2, 0.25) is 0 Å². The monoisotopic (exact) mass is 369 g/mol. The van der Waals surface area contributed by atoms with Crippen molar-refractivity contribution in [2.45, 2.75) is 31.9 Å².